The summed E-state index contributed by atoms with van der Waals surface area (Å²) in [5.41, 5.74) is 0.548. The first-order valence-corrected chi connectivity index (χ1v) is 8.65. The van der Waals surface area contributed by atoms with Crippen molar-refractivity contribution in [3.05, 3.63) is 71.8 Å². The van der Waals surface area contributed by atoms with Gasteiger partial charge in [0.25, 0.3) is 5.91 Å². The summed E-state index contributed by atoms with van der Waals surface area (Å²) < 4.78 is 5.60. The third kappa shape index (κ3) is 3.22. The topological polar surface area (TPSA) is 66.8 Å². The first-order valence-electron chi connectivity index (χ1n) is 8.65. The average molecular weight is 353 g/mol. The van der Waals surface area contributed by atoms with E-state index in [-0.39, 0.29) is 18.4 Å². The number of likely N-dealkylation sites (tertiary alicyclic amines) is 1. The average Bonchev–Trinajstić information content (AvgIpc) is 3.14. The third-order valence-corrected chi connectivity index (χ3v) is 5.29. The fourth-order valence-electron chi connectivity index (χ4n) is 3.64. The van der Waals surface area contributed by atoms with Crippen LogP contribution in [-0.4, -0.2) is 42.1 Å². The number of benzene rings is 2. The van der Waals surface area contributed by atoms with Crippen molar-refractivity contribution in [2.24, 2.45) is 5.92 Å². The maximum absolute atomic E-state index is 13.3. The maximum atomic E-state index is 13.3. The lowest BCUT2D eigenvalue weighted by molar-refractivity contribution is -0.153. The number of nitrogens with zero attached hydrogens (tertiary/aromatic N) is 1. The summed E-state index contributed by atoms with van der Waals surface area (Å²) in [6.45, 7) is 2.28. The molecule has 0 aliphatic carbocycles. The molecule has 1 fully saturated rings. The molecule has 1 aliphatic heterocycles. The molecule has 0 spiro atoms. The Morgan fingerprint density at radius 2 is 1.62 bits per heavy atom. The highest BCUT2D eigenvalue weighted by Crippen LogP contribution is 2.36. The number of carboxylic acids is 1. The number of amides is 1. The molecule has 26 heavy (non-hydrogen) atoms. The van der Waals surface area contributed by atoms with Gasteiger partial charge in [-0.25, -0.2) is 0 Å². The standard InChI is InChI=1S/C21H23NO4/c1-21(26-2,16-11-7-4-8-12-16)20(25)22-13-17(18(14-22)19(23)24)15-9-5-3-6-10-15/h3-12,17-18H,13-14H2,1-2H3,(H,23,24)/t17-,18-,21?/m0/s1. The Hall–Kier alpha value is -2.66. The second-order valence-corrected chi connectivity index (χ2v) is 6.78. The van der Waals surface area contributed by atoms with E-state index >= 15 is 0 Å². The zero-order valence-electron chi connectivity index (χ0n) is 15.0. The van der Waals surface area contributed by atoms with Crippen LogP contribution in [0.25, 0.3) is 0 Å². The van der Waals surface area contributed by atoms with Crippen LogP contribution in [0.4, 0.5) is 0 Å². The number of hydrogen-bond acceptors (Lipinski definition) is 3. The summed E-state index contributed by atoms with van der Waals surface area (Å²) in [4.78, 5) is 26.6. The summed E-state index contributed by atoms with van der Waals surface area (Å²) in [6, 6.07) is 18.8. The van der Waals surface area contributed by atoms with Gasteiger partial charge in [0.15, 0.2) is 5.60 Å². The highest BCUT2D eigenvalue weighted by molar-refractivity contribution is 5.87. The SMILES string of the molecule is COC(C)(C(=O)N1C[C@H](C(=O)O)[C@H](c2ccccc2)C1)c1ccccc1. The molecule has 3 rings (SSSR count). The first kappa shape index (κ1) is 18.1. The van der Waals surface area contributed by atoms with Gasteiger partial charge in [-0.1, -0.05) is 60.7 Å². The number of carbonyl (C=O) groups excluding carboxylic acids is 1. The third-order valence-electron chi connectivity index (χ3n) is 5.29. The summed E-state index contributed by atoms with van der Waals surface area (Å²) in [7, 11) is 1.50. The molecule has 1 saturated heterocycles. The largest absolute Gasteiger partial charge is 0.481 e. The van der Waals surface area contributed by atoms with Crippen LogP contribution in [0, 0.1) is 5.92 Å². The Morgan fingerprint density at radius 3 is 2.15 bits per heavy atom. The fourth-order valence-corrected chi connectivity index (χ4v) is 3.64. The molecule has 1 N–H and O–H groups in total. The minimum atomic E-state index is -1.14. The predicted molar refractivity (Wildman–Crippen MR) is 97.7 cm³/mol. The number of hydrogen-bond donors (Lipinski definition) is 1. The molecule has 0 aromatic heterocycles. The van der Waals surface area contributed by atoms with Crippen LogP contribution >= 0.6 is 0 Å². The summed E-state index contributed by atoms with van der Waals surface area (Å²) in [5, 5.41) is 9.65. The van der Waals surface area contributed by atoms with Gasteiger partial charge in [-0.3, -0.25) is 9.59 Å². The minimum absolute atomic E-state index is 0.180. The highest BCUT2D eigenvalue weighted by atomic mass is 16.5. The van der Waals surface area contributed by atoms with E-state index in [1.165, 1.54) is 7.11 Å². The molecule has 5 heteroatoms. The van der Waals surface area contributed by atoms with Crippen LogP contribution in [0.1, 0.15) is 24.0 Å². The van der Waals surface area contributed by atoms with E-state index in [1.807, 2.05) is 60.7 Å². The van der Waals surface area contributed by atoms with Crippen molar-refractivity contribution in [1.82, 2.24) is 4.90 Å². The molecule has 5 nitrogen and oxygen atoms in total. The Kier molecular flexibility index (Phi) is 5.09. The lowest BCUT2D eigenvalue weighted by atomic mass is 9.89. The molecule has 1 unspecified atom stereocenters. The van der Waals surface area contributed by atoms with Gasteiger partial charge in [0.2, 0.25) is 0 Å². The number of rotatable bonds is 5. The molecular weight excluding hydrogens is 330 g/mol. The van der Waals surface area contributed by atoms with Crippen LogP contribution < -0.4 is 0 Å². The van der Waals surface area contributed by atoms with Crippen LogP contribution in [-0.2, 0) is 19.9 Å². The van der Waals surface area contributed by atoms with Gasteiger partial charge in [0.1, 0.15) is 0 Å². The molecule has 1 heterocycles. The zero-order valence-corrected chi connectivity index (χ0v) is 15.0. The number of carbonyl (C=O) groups is 2. The lowest BCUT2D eigenvalue weighted by Gasteiger charge is -2.32. The van der Waals surface area contributed by atoms with Crippen LogP contribution in [0.5, 0.6) is 0 Å². The number of carboxylic acid groups (broad SMARTS) is 1. The number of ether oxygens (including phenoxy) is 1. The Balaban J connectivity index is 1.89. The van der Waals surface area contributed by atoms with Gasteiger partial charge in [0.05, 0.1) is 5.92 Å². The lowest BCUT2D eigenvalue weighted by Crippen LogP contribution is -2.45. The minimum Gasteiger partial charge on any atom is -0.481 e. The van der Waals surface area contributed by atoms with E-state index in [0.717, 1.165) is 11.1 Å². The van der Waals surface area contributed by atoms with E-state index in [2.05, 4.69) is 0 Å². The van der Waals surface area contributed by atoms with Gasteiger partial charge < -0.3 is 14.7 Å². The first-order chi connectivity index (χ1) is 12.5. The molecule has 3 atom stereocenters. The molecule has 136 valence electrons. The van der Waals surface area contributed by atoms with E-state index < -0.39 is 17.5 Å². The quantitative estimate of drug-likeness (QED) is 0.898. The zero-order chi connectivity index (χ0) is 18.7. The smallest absolute Gasteiger partial charge is 0.308 e. The van der Waals surface area contributed by atoms with E-state index in [9.17, 15) is 14.7 Å². The molecule has 2 aromatic carbocycles. The summed E-state index contributed by atoms with van der Waals surface area (Å²) >= 11 is 0. The Bertz CT molecular complexity index is 777. The van der Waals surface area contributed by atoms with Gasteiger partial charge in [0, 0.05) is 26.1 Å². The Labute approximate surface area is 153 Å². The Morgan fingerprint density at radius 1 is 1.04 bits per heavy atom. The molecule has 0 radical (unpaired) electrons. The van der Waals surface area contributed by atoms with Crippen molar-refractivity contribution < 1.29 is 19.4 Å². The van der Waals surface area contributed by atoms with Crippen molar-refractivity contribution in [3.63, 3.8) is 0 Å². The number of aliphatic carboxylic acids is 1. The van der Waals surface area contributed by atoms with Gasteiger partial charge in [-0.05, 0) is 18.1 Å². The molecule has 0 saturated carbocycles. The number of methoxy groups -OCH3 is 1. The van der Waals surface area contributed by atoms with Gasteiger partial charge >= 0.3 is 5.97 Å². The molecular formula is C21H23NO4. The maximum Gasteiger partial charge on any atom is 0.308 e. The molecule has 1 amide bonds. The highest BCUT2D eigenvalue weighted by Gasteiger charge is 2.46. The van der Waals surface area contributed by atoms with Crippen molar-refractivity contribution in [2.75, 3.05) is 20.2 Å². The monoisotopic (exact) mass is 353 g/mol. The summed E-state index contributed by atoms with van der Waals surface area (Å²) in [5.74, 6) is -1.95. The normalized spacial score (nSPS) is 22.0. The van der Waals surface area contributed by atoms with Gasteiger partial charge in [-0.15, -0.1) is 0 Å². The van der Waals surface area contributed by atoms with Crippen molar-refractivity contribution in [3.8, 4) is 0 Å². The van der Waals surface area contributed by atoms with Crippen molar-refractivity contribution >= 4 is 11.9 Å². The van der Waals surface area contributed by atoms with Crippen molar-refractivity contribution in [1.29, 1.82) is 0 Å². The van der Waals surface area contributed by atoms with Crippen molar-refractivity contribution in [2.45, 2.75) is 18.4 Å². The second-order valence-electron chi connectivity index (χ2n) is 6.78. The molecule has 0 bridgehead atoms. The molecule has 1 aliphatic rings. The summed E-state index contributed by atoms with van der Waals surface area (Å²) in [6.07, 6.45) is 0. The van der Waals surface area contributed by atoms with Crippen LogP contribution in [0.3, 0.4) is 0 Å². The fraction of sp³-hybridized carbons (Fsp3) is 0.333. The van der Waals surface area contributed by atoms with E-state index in [4.69, 9.17) is 4.74 Å². The van der Waals surface area contributed by atoms with Crippen LogP contribution in [0.2, 0.25) is 0 Å². The second kappa shape index (κ2) is 7.30. The van der Waals surface area contributed by atoms with E-state index in [0.29, 0.717) is 6.54 Å². The predicted octanol–water partition coefficient (Wildman–Crippen LogP) is 2.88. The molecule has 2 aromatic rings. The van der Waals surface area contributed by atoms with Crippen LogP contribution in [0.15, 0.2) is 60.7 Å². The van der Waals surface area contributed by atoms with Gasteiger partial charge in [-0.2, -0.15) is 0 Å². The van der Waals surface area contributed by atoms with E-state index in [1.54, 1.807) is 11.8 Å².